The molecule has 1 unspecified atom stereocenters. The van der Waals surface area contributed by atoms with Gasteiger partial charge in [-0.2, -0.15) is 0 Å². The molecule has 2 heterocycles. The van der Waals surface area contributed by atoms with Crippen LogP contribution in [0.5, 0.6) is 0 Å². The Morgan fingerprint density at radius 2 is 1.56 bits per heavy atom. The van der Waals surface area contributed by atoms with Crippen LogP contribution in [0.1, 0.15) is 73.1 Å². The average Bonchev–Trinajstić information content (AvgIpc) is 2.71. The topological polar surface area (TPSA) is 61.4 Å². The Labute approximate surface area is 156 Å². The average molecular weight is 358 g/mol. The van der Waals surface area contributed by atoms with Gasteiger partial charge in [-0.25, -0.2) is 0 Å². The van der Waals surface area contributed by atoms with Gasteiger partial charge < -0.3 is 20.3 Å². The highest BCUT2D eigenvalue weighted by atomic mass is 16.2. The van der Waals surface area contributed by atoms with E-state index in [9.17, 15) is 4.79 Å². The molecule has 0 aromatic rings. The van der Waals surface area contributed by atoms with Crippen LogP contribution in [-0.2, 0) is 9.59 Å². The van der Waals surface area contributed by atoms with Crippen molar-refractivity contribution in [2.75, 3.05) is 33.2 Å². The highest BCUT2D eigenvalue weighted by molar-refractivity contribution is 5.76. The SMILES string of the molecule is C=O.CC.CC.CNC(C)CCC(=O)N1CCC2(CCNCC2)CC1. The molecule has 150 valence electrons. The Kier molecular flexibility index (Phi) is 17.4. The van der Waals surface area contributed by atoms with Gasteiger partial charge in [0, 0.05) is 25.6 Å². The van der Waals surface area contributed by atoms with E-state index in [0.717, 1.165) is 32.6 Å². The Morgan fingerprint density at radius 1 is 1.08 bits per heavy atom. The molecule has 0 radical (unpaired) electrons. The van der Waals surface area contributed by atoms with Crippen molar-refractivity contribution < 1.29 is 9.59 Å². The molecule has 2 N–H and O–H groups in total. The zero-order valence-corrected chi connectivity index (χ0v) is 17.6. The number of nitrogens with zero attached hydrogens (tertiary/aromatic N) is 1. The van der Waals surface area contributed by atoms with E-state index in [1.165, 1.54) is 25.7 Å². The standard InChI is InChI=1S/C15H29N3O.2C2H6.CH2O/c1-13(16-2)3-4-14(19)18-11-7-15(8-12-18)5-9-17-10-6-15;3*1-2/h13,16-17H,3-12H2,1-2H3;2*1-2H3;1H2. The number of carbonyl (C=O) groups is 2. The van der Waals surface area contributed by atoms with Gasteiger partial charge in [0.2, 0.25) is 5.91 Å². The first-order valence-corrected chi connectivity index (χ1v) is 10.1. The molecule has 25 heavy (non-hydrogen) atoms. The molecule has 0 aromatic heterocycles. The maximum Gasteiger partial charge on any atom is 0.222 e. The van der Waals surface area contributed by atoms with Gasteiger partial charge >= 0.3 is 0 Å². The lowest BCUT2D eigenvalue weighted by Gasteiger charge is -2.44. The van der Waals surface area contributed by atoms with E-state index in [2.05, 4.69) is 22.5 Å². The van der Waals surface area contributed by atoms with E-state index in [4.69, 9.17) is 4.79 Å². The van der Waals surface area contributed by atoms with E-state index in [1.54, 1.807) is 0 Å². The van der Waals surface area contributed by atoms with Crippen molar-refractivity contribution in [3.63, 3.8) is 0 Å². The number of hydrogen-bond donors (Lipinski definition) is 2. The van der Waals surface area contributed by atoms with Crippen molar-refractivity contribution in [2.45, 2.75) is 79.2 Å². The highest BCUT2D eigenvalue weighted by Gasteiger charge is 2.36. The van der Waals surface area contributed by atoms with E-state index in [1.807, 2.05) is 41.5 Å². The highest BCUT2D eigenvalue weighted by Crippen LogP contribution is 2.39. The number of piperidine rings is 2. The van der Waals surface area contributed by atoms with Gasteiger partial charge in [-0.15, -0.1) is 0 Å². The molecule has 0 bridgehead atoms. The molecule has 2 aliphatic heterocycles. The maximum atomic E-state index is 12.2. The summed E-state index contributed by atoms with van der Waals surface area (Å²) in [6, 6.07) is 0.435. The fraction of sp³-hybridized carbons (Fsp3) is 0.900. The minimum Gasteiger partial charge on any atom is -0.343 e. The molecular formula is C20H43N3O2. The Hall–Kier alpha value is -0.940. The lowest BCUT2D eigenvalue weighted by atomic mass is 9.71. The first-order chi connectivity index (χ1) is 12.2. The minimum atomic E-state index is 0.353. The number of hydrogen-bond acceptors (Lipinski definition) is 4. The normalized spacial score (nSPS) is 19.2. The summed E-state index contributed by atoms with van der Waals surface area (Å²) in [5.41, 5.74) is 0.542. The fourth-order valence-electron chi connectivity index (χ4n) is 3.33. The van der Waals surface area contributed by atoms with E-state index < -0.39 is 0 Å². The van der Waals surface area contributed by atoms with Crippen LogP contribution in [0.2, 0.25) is 0 Å². The van der Waals surface area contributed by atoms with Gasteiger partial charge in [0.05, 0.1) is 0 Å². The summed E-state index contributed by atoms with van der Waals surface area (Å²) in [6.07, 6.45) is 6.65. The van der Waals surface area contributed by atoms with Gasteiger partial charge in [0.15, 0.2) is 0 Å². The van der Waals surface area contributed by atoms with Crippen molar-refractivity contribution in [3.05, 3.63) is 0 Å². The first-order valence-electron chi connectivity index (χ1n) is 10.1. The predicted octanol–water partition coefficient (Wildman–Crippen LogP) is 3.23. The number of rotatable bonds is 4. The molecule has 2 fully saturated rings. The van der Waals surface area contributed by atoms with Crippen molar-refractivity contribution in [2.24, 2.45) is 5.41 Å². The molecule has 2 aliphatic rings. The Bertz CT molecular complexity index is 308. The van der Waals surface area contributed by atoms with Crippen LogP contribution >= 0.6 is 0 Å². The summed E-state index contributed by atoms with van der Waals surface area (Å²) >= 11 is 0. The van der Waals surface area contributed by atoms with E-state index in [-0.39, 0.29) is 0 Å². The fourth-order valence-corrected chi connectivity index (χ4v) is 3.33. The second kappa shape index (κ2) is 16.5. The van der Waals surface area contributed by atoms with Crippen molar-refractivity contribution in [3.8, 4) is 0 Å². The molecule has 2 rings (SSSR count). The third-order valence-electron chi connectivity index (χ3n) is 5.13. The molecule has 1 atom stereocenters. The van der Waals surface area contributed by atoms with Crippen LogP contribution in [0, 0.1) is 5.41 Å². The molecular weight excluding hydrogens is 314 g/mol. The monoisotopic (exact) mass is 357 g/mol. The minimum absolute atomic E-state index is 0.353. The van der Waals surface area contributed by atoms with Gasteiger partial charge in [0.1, 0.15) is 6.79 Å². The molecule has 1 amide bonds. The number of nitrogens with one attached hydrogen (secondary N) is 2. The smallest absolute Gasteiger partial charge is 0.222 e. The molecule has 0 aromatic carbocycles. The van der Waals surface area contributed by atoms with Gasteiger partial charge in [-0.1, -0.05) is 27.7 Å². The molecule has 5 nitrogen and oxygen atoms in total. The third-order valence-corrected chi connectivity index (χ3v) is 5.13. The quantitative estimate of drug-likeness (QED) is 0.811. The summed E-state index contributed by atoms with van der Waals surface area (Å²) in [6.45, 7) is 16.4. The summed E-state index contributed by atoms with van der Waals surface area (Å²) in [5.74, 6) is 0.353. The van der Waals surface area contributed by atoms with Crippen molar-refractivity contribution >= 4 is 12.7 Å². The molecule has 1 spiro atoms. The zero-order chi connectivity index (χ0) is 19.7. The third kappa shape index (κ3) is 9.95. The van der Waals surface area contributed by atoms with Crippen LogP contribution in [0.15, 0.2) is 0 Å². The van der Waals surface area contributed by atoms with Gasteiger partial charge in [-0.05, 0) is 64.6 Å². The predicted molar refractivity (Wildman–Crippen MR) is 108 cm³/mol. The van der Waals surface area contributed by atoms with Gasteiger partial charge in [-0.3, -0.25) is 4.79 Å². The number of amides is 1. The maximum absolute atomic E-state index is 12.2. The van der Waals surface area contributed by atoms with Crippen molar-refractivity contribution in [1.82, 2.24) is 15.5 Å². The second-order valence-corrected chi connectivity index (χ2v) is 6.36. The largest absolute Gasteiger partial charge is 0.343 e. The second-order valence-electron chi connectivity index (χ2n) is 6.36. The molecule has 2 saturated heterocycles. The Balaban J connectivity index is 0. The summed E-state index contributed by atoms with van der Waals surface area (Å²) in [5, 5.41) is 6.63. The Morgan fingerprint density at radius 3 is 2.00 bits per heavy atom. The number of carbonyl (C=O) groups excluding carboxylic acids is 2. The number of likely N-dealkylation sites (tertiary alicyclic amines) is 1. The lowest BCUT2D eigenvalue weighted by Crippen LogP contribution is -2.47. The molecule has 0 aliphatic carbocycles. The lowest BCUT2D eigenvalue weighted by molar-refractivity contribution is -0.134. The zero-order valence-electron chi connectivity index (χ0n) is 17.6. The first kappa shape index (κ1) is 26.3. The van der Waals surface area contributed by atoms with Crippen LogP contribution in [-0.4, -0.2) is 56.9 Å². The summed E-state index contributed by atoms with van der Waals surface area (Å²) in [7, 11) is 1.96. The summed E-state index contributed by atoms with van der Waals surface area (Å²) < 4.78 is 0. The van der Waals surface area contributed by atoms with Crippen LogP contribution < -0.4 is 10.6 Å². The van der Waals surface area contributed by atoms with Gasteiger partial charge in [0.25, 0.3) is 0 Å². The van der Waals surface area contributed by atoms with Crippen LogP contribution in [0.3, 0.4) is 0 Å². The van der Waals surface area contributed by atoms with Crippen LogP contribution in [0.25, 0.3) is 0 Å². The summed E-state index contributed by atoms with van der Waals surface area (Å²) in [4.78, 5) is 22.3. The van der Waals surface area contributed by atoms with E-state index in [0.29, 0.717) is 23.8 Å². The van der Waals surface area contributed by atoms with E-state index >= 15 is 0 Å². The van der Waals surface area contributed by atoms with Crippen molar-refractivity contribution in [1.29, 1.82) is 0 Å². The van der Waals surface area contributed by atoms with Crippen LogP contribution in [0.4, 0.5) is 0 Å². The molecule has 5 heteroatoms. The molecule has 0 saturated carbocycles.